The number of anilines is 1. The smallest absolute Gasteiger partial charge is 0.238 e. The Morgan fingerprint density at radius 1 is 1.23 bits per heavy atom. The van der Waals surface area contributed by atoms with Gasteiger partial charge in [0.05, 0.1) is 13.2 Å². The molecule has 2 atom stereocenters. The molecule has 2 fully saturated rings. The van der Waals surface area contributed by atoms with Gasteiger partial charge in [0.15, 0.2) is 0 Å². The predicted octanol–water partition coefficient (Wildman–Crippen LogP) is 1.24. The van der Waals surface area contributed by atoms with Crippen LogP contribution in [-0.4, -0.2) is 61.6 Å². The molecule has 8 heteroatoms. The monoisotopic (exact) mass is 417 g/mol. The van der Waals surface area contributed by atoms with Crippen molar-refractivity contribution in [2.24, 2.45) is 5.92 Å². The highest BCUT2D eigenvalue weighted by Gasteiger charge is 2.29. The Morgan fingerprint density at radius 3 is 2.80 bits per heavy atom. The molecule has 8 nitrogen and oxygen atoms in total. The van der Waals surface area contributed by atoms with E-state index in [9.17, 15) is 9.59 Å². The van der Waals surface area contributed by atoms with E-state index in [1.807, 2.05) is 24.3 Å². The molecule has 0 radical (unpaired) electrons. The second kappa shape index (κ2) is 11.4. The molecule has 2 saturated heterocycles. The van der Waals surface area contributed by atoms with Gasteiger partial charge in [0.2, 0.25) is 11.8 Å². The number of hydrazine groups is 1. The van der Waals surface area contributed by atoms with Crippen molar-refractivity contribution >= 4 is 17.5 Å². The lowest BCUT2D eigenvalue weighted by atomic mass is 10.00. The summed E-state index contributed by atoms with van der Waals surface area (Å²) < 4.78 is 5.33. The normalized spacial score (nSPS) is 22.2. The molecule has 4 N–H and O–H groups in total. The zero-order valence-corrected chi connectivity index (χ0v) is 18.1. The Labute approximate surface area is 179 Å². The first kappa shape index (κ1) is 22.7. The summed E-state index contributed by atoms with van der Waals surface area (Å²) in [6.45, 7) is 8.78. The molecule has 0 saturated carbocycles. The molecule has 2 amide bonds. The minimum Gasteiger partial charge on any atom is -0.379 e. The van der Waals surface area contributed by atoms with Gasteiger partial charge in [-0.15, -0.1) is 0 Å². The Hall–Kier alpha value is -2.00. The predicted molar refractivity (Wildman–Crippen MR) is 117 cm³/mol. The summed E-state index contributed by atoms with van der Waals surface area (Å²) in [7, 11) is 0. The zero-order valence-electron chi connectivity index (χ0n) is 18.1. The summed E-state index contributed by atoms with van der Waals surface area (Å²) >= 11 is 0. The maximum atomic E-state index is 12.5. The first-order chi connectivity index (χ1) is 14.5. The fourth-order valence-electron chi connectivity index (χ4n) is 3.90. The molecular weight excluding hydrogens is 382 g/mol. The van der Waals surface area contributed by atoms with Gasteiger partial charge < -0.3 is 15.4 Å². The number of nitrogens with one attached hydrogen (secondary N) is 4. The van der Waals surface area contributed by atoms with Gasteiger partial charge in [-0.1, -0.05) is 26.0 Å². The number of amides is 2. The number of hydrogen-bond donors (Lipinski definition) is 4. The first-order valence-electron chi connectivity index (χ1n) is 11.0. The molecule has 1 aromatic rings. The van der Waals surface area contributed by atoms with Crippen LogP contribution in [0.1, 0.15) is 38.7 Å². The maximum absolute atomic E-state index is 12.5. The van der Waals surface area contributed by atoms with E-state index < -0.39 is 0 Å². The number of carbonyl (C=O) groups is 2. The number of rotatable bonds is 9. The molecular formula is C22H35N5O3. The Balaban J connectivity index is 1.40. The third kappa shape index (κ3) is 7.36. The van der Waals surface area contributed by atoms with Gasteiger partial charge in [0.1, 0.15) is 6.04 Å². The van der Waals surface area contributed by atoms with Crippen molar-refractivity contribution in [1.82, 2.24) is 21.1 Å². The van der Waals surface area contributed by atoms with Gasteiger partial charge in [-0.05, 0) is 36.5 Å². The first-order valence-corrected chi connectivity index (χ1v) is 11.0. The number of ether oxygens (including phenoxy) is 1. The van der Waals surface area contributed by atoms with Crippen LogP contribution in [0.4, 0.5) is 5.69 Å². The highest BCUT2D eigenvalue weighted by atomic mass is 16.5. The minimum absolute atomic E-state index is 0.0000942. The van der Waals surface area contributed by atoms with Crippen molar-refractivity contribution in [2.45, 2.75) is 51.7 Å². The van der Waals surface area contributed by atoms with Crippen molar-refractivity contribution in [2.75, 3.05) is 38.2 Å². The summed E-state index contributed by atoms with van der Waals surface area (Å²) in [5.41, 5.74) is 8.02. The van der Waals surface area contributed by atoms with Gasteiger partial charge in [-0.2, -0.15) is 0 Å². The van der Waals surface area contributed by atoms with E-state index in [0.29, 0.717) is 24.9 Å². The fourth-order valence-corrected chi connectivity index (χ4v) is 3.90. The van der Waals surface area contributed by atoms with Crippen molar-refractivity contribution in [1.29, 1.82) is 0 Å². The van der Waals surface area contributed by atoms with E-state index in [0.717, 1.165) is 56.9 Å². The van der Waals surface area contributed by atoms with Crippen LogP contribution in [-0.2, 0) is 20.9 Å². The summed E-state index contributed by atoms with van der Waals surface area (Å²) in [5, 5.41) is 5.95. The Kier molecular flexibility index (Phi) is 8.62. The fraction of sp³-hybridized carbons (Fsp3) is 0.636. The summed E-state index contributed by atoms with van der Waals surface area (Å²) in [6, 6.07) is 7.75. The van der Waals surface area contributed by atoms with Crippen LogP contribution in [0.5, 0.6) is 0 Å². The van der Waals surface area contributed by atoms with Crippen molar-refractivity contribution in [3.63, 3.8) is 0 Å². The lowest BCUT2D eigenvalue weighted by Crippen LogP contribution is -2.43. The maximum Gasteiger partial charge on any atom is 0.238 e. The molecule has 0 spiro atoms. The largest absolute Gasteiger partial charge is 0.379 e. The van der Waals surface area contributed by atoms with Crippen LogP contribution in [0.25, 0.3) is 0 Å². The average Bonchev–Trinajstić information content (AvgIpc) is 3.19. The number of nitrogens with zero attached hydrogens (tertiary/aromatic N) is 1. The van der Waals surface area contributed by atoms with Crippen LogP contribution < -0.4 is 21.5 Å². The SMILES string of the molecule is CC(C)CC1CC(C(=O)NCc2cccc(NC(=O)CCN3CCOCC3)c2)NN1. The van der Waals surface area contributed by atoms with E-state index in [-0.39, 0.29) is 17.9 Å². The van der Waals surface area contributed by atoms with Gasteiger partial charge in [0.25, 0.3) is 0 Å². The Morgan fingerprint density at radius 2 is 2.03 bits per heavy atom. The highest BCUT2D eigenvalue weighted by molar-refractivity contribution is 5.90. The molecule has 0 aromatic heterocycles. The van der Waals surface area contributed by atoms with Crippen molar-refractivity contribution < 1.29 is 14.3 Å². The topological polar surface area (TPSA) is 94.7 Å². The van der Waals surface area contributed by atoms with Crippen LogP contribution in [0.2, 0.25) is 0 Å². The number of carbonyl (C=O) groups excluding carboxylic acids is 2. The molecule has 2 unspecified atom stereocenters. The highest BCUT2D eigenvalue weighted by Crippen LogP contribution is 2.15. The summed E-state index contributed by atoms with van der Waals surface area (Å²) in [5.74, 6) is 0.590. The molecule has 2 aliphatic rings. The molecule has 2 heterocycles. The minimum atomic E-state index is -0.211. The second-order valence-corrected chi connectivity index (χ2v) is 8.57. The number of benzene rings is 1. The molecule has 2 aliphatic heterocycles. The molecule has 1 aromatic carbocycles. The van der Waals surface area contributed by atoms with E-state index in [1.165, 1.54) is 0 Å². The third-order valence-corrected chi connectivity index (χ3v) is 5.49. The molecule has 0 aliphatic carbocycles. The van der Waals surface area contributed by atoms with Gasteiger partial charge in [0, 0.05) is 44.3 Å². The second-order valence-electron chi connectivity index (χ2n) is 8.57. The van der Waals surface area contributed by atoms with Gasteiger partial charge in [-0.3, -0.25) is 19.9 Å². The van der Waals surface area contributed by atoms with Crippen LogP contribution in [0.3, 0.4) is 0 Å². The standard InChI is InChI=1S/C22H35N5O3/c1-16(2)12-19-14-20(26-25-19)22(29)23-15-17-4-3-5-18(13-17)24-21(28)6-7-27-8-10-30-11-9-27/h3-5,13,16,19-20,25-26H,6-12,14-15H2,1-2H3,(H,23,29)(H,24,28). The number of hydrogen-bond acceptors (Lipinski definition) is 6. The van der Waals surface area contributed by atoms with Crippen LogP contribution >= 0.6 is 0 Å². The average molecular weight is 418 g/mol. The molecule has 0 bridgehead atoms. The van der Waals surface area contributed by atoms with Crippen LogP contribution in [0, 0.1) is 5.92 Å². The van der Waals surface area contributed by atoms with E-state index >= 15 is 0 Å². The van der Waals surface area contributed by atoms with Crippen molar-refractivity contribution in [3.05, 3.63) is 29.8 Å². The summed E-state index contributed by atoms with van der Waals surface area (Å²) in [6.07, 6.45) is 2.30. The van der Waals surface area contributed by atoms with E-state index in [1.54, 1.807) is 0 Å². The lowest BCUT2D eigenvalue weighted by Gasteiger charge is -2.26. The number of morpholine rings is 1. The van der Waals surface area contributed by atoms with Crippen LogP contribution in [0.15, 0.2) is 24.3 Å². The molecule has 3 rings (SSSR count). The third-order valence-electron chi connectivity index (χ3n) is 5.49. The lowest BCUT2D eigenvalue weighted by molar-refractivity contribution is -0.123. The van der Waals surface area contributed by atoms with E-state index in [4.69, 9.17) is 4.74 Å². The molecule has 166 valence electrons. The van der Waals surface area contributed by atoms with Gasteiger partial charge in [-0.25, -0.2) is 5.43 Å². The summed E-state index contributed by atoms with van der Waals surface area (Å²) in [4.78, 5) is 27.0. The Bertz CT molecular complexity index is 706. The van der Waals surface area contributed by atoms with Crippen molar-refractivity contribution in [3.8, 4) is 0 Å². The molecule has 30 heavy (non-hydrogen) atoms. The quantitative estimate of drug-likeness (QED) is 0.483. The van der Waals surface area contributed by atoms with Gasteiger partial charge >= 0.3 is 0 Å². The van der Waals surface area contributed by atoms with E-state index in [2.05, 4.69) is 40.2 Å². The zero-order chi connectivity index (χ0) is 21.3.